The maximum absolute atomic E-state index is 14.2. The summed E-state index contributed by atoms with van der Waals surface area (Å²) in [5, 5.41) is 23.0. The molecule has 0 aliphatic carbocycles. The molecule has 0 unspecified atom stereocenters. The highest BCUT2D eigenvalue weighted by Gasteiger charge is 2.66. The van der Waals surface area contributed by atoms with E-state index in [2.05, 4.69) is 20.2 Å². The van der Waals surface area contributed by atoms with Crippen molar-refractivity contribution in [1.82, 2.24) is 29.8 Å². The Hall–Kier alpha value is -4.22. The zero-order valence-electron chi connectivity index (χ0n) is 24.5. The average Bonchev–Trinajstić information content (AvgIpc) is 3.51. The predicted molar refractivity (Wildman–Crippen MR) is 172 cm³/mol. The normalized spacial score (nSPS) is 19.2. The zero-order chi connectivity index (χ0) is 32.3. The average molecular weight is 678 g/mol. The van der Waals surface area contributed by atoms with Crippen LogP contribution in [-0.4, -0.2) is 71.6 Å². The topological polar surface area (TPSA) is 155 Å². The van der Waals surface area contributed by atoms with Crippen LogP contribution in [0.15, 0.2) is 106 Å². The molecule has 46 heavy (non-hydrogen) atoms. The highest BCUT2D eigenvalue weighted by atomic mass is 32.2. The molecule has 13 nitrogen and oxygen atoms in total. The number of aryl methyl sites for hydroxylation is 1. The molecule has 3 aromatic carbocycles. The number of nitro benzene ring substituents is 1. The minimum atomic E-state index is -1.56. The van der Waals surface area contributed by atoms with Crippen LogP contribution in [0, 0.1) is 10.1 Å². The highest BCUT2D eigenvalue weighted by Crippen LogP contribution is 2.49. The molecule has 0 bridgehead atoms. The fourth-order valence-electron chi connectivity index (χ4n) is 5.08. The first-order chi connectivity index (χ1) is 22.3. The smallest absolute Gasteiger partial charge is 0.356 e. The molecule has 1 N–H and O–H groups in total. The Morgan fingerprint density at radius 1 is 1.11 bits per heavy atom. The number of β-lactam (4-membered cyclic amide) rings is 1. The van der Waals surface area contributed by atoms with Gasteiger partial charge in [-0.15, -0.1) is 16.9 Å². The zero-order valence-corrected chi connectivity index (χ0v) is 27.0. The maximum Gasteiger partial charge on any atom is 0.356 e. The summed E-state index contributed by atoms with van der Waals surface area (Å²) < 4.78 is 16.6. The number of tetrazole rings is 1. The molecule has 16 heteroatoms. The molecule has 4 aromatic rings. The van der Waals surface area contributed by atoms with Gasteiger partial charge in [0.05, 0.1) is 4.92 Å². The van der Waals surface area contributed by atoms with E-state index in [0.717, 1.165) is 23.1 Å². The van der Waals surface area contributed by atoms with Crippen molar-refractivity contribution in [2.75, 3.05) is 18.6 Å². The number of nitrogens with zero attached hydrogens (tertiary/aromatic N) is 6. The fraction of sp³-hybridized carbons (Fsp3) is 0.233. The van der Waals surface area contributed by atoms with Crippen molar-refractivity contribution in [3.8, 4) is 0 Å². The summed E-state index contributed by atoms with van der Waals surface area (Å²) in [5.41, 5.74) is 0.667. The van der Waals surface area contributed by atoms with Crippen molar-refractivity contribution in [3.63, 3.8) is 0 Å². The molecule has 2 aliphatic rings. The molecule has 2 atom stereocenters. The van der Waals surface area contributed by atoms with E-state index in [4.69, 9.17) is 9.47 Å². The van der Waals surface area contributed by atoms with Crippen molar-refractivity contribution in [1.29, 1.82) is 0 Å². The second-order valence-corrected chi connectivity index (χ2v) is 13.0. The van der Waals surface area contributed by atoms with E-state index in [0.29, 0.717) is 27.1 Å². The summed E-state index contributed by atoms with van der Waals surface area (Å²) in [4.78, 5) is 41.1. The molecule has 6 rings (SSSR count). The van der Waals surface area contributed by atoms with Crippen LogP contribution in [0.25, 0.3) is 0 Å². The van der Waals surface area contributed by atoms with Gasteiger partial charge in [-0.2, -0.15) is 0 Å². The molecule has 3 heterocycles. The van der Waals surface area contributed by atoms with Gasteiger partial charge in [0.25, 0.3) is 11.6 Å². The Bertz CT molecular complexity index is 1750. The lowest BCUT2D eigenvalue weighted by molar-refractivity contribution is -0.387. The first-order valence-corrected chi connectivity index (χ1v) is 16.7. The first-order valence-electron chi connectivity index (χ1n) is 13.9. The minimum absolute atomic E-state index is 0.110. The predicted octanol–water partition coefficient (Wildman–Crippen LogP) is 4.35. The van der Waals surface area contributed by atoms with Gasteiger partial charge in [-0.25, -0.2) is 14.2 Å². The van der Waals surface area contributed by atoms with Crippen LogP contribution in [0.4, 0.5) is 5.69 Å². The van der Waals surface area contributed by atoms with E-state index in [9.17, 15) is 19.7 Å². The lowest BCUT2D eigenvalue weighted by atomic mass is 9.99. The molecule has 236 valence electrons. The number of para-hydroxylation sites is 1. The molecule has 2 aliphatic heterocycles. The number of esters is 1. The van der Waals surface area contributed by atoms with Crippen LogP contribution in [0.2, 0.25) is 0 Å². The quantitative estimate of drug-likeness (QED) is 0.0430. The van der Waals surface area contributed by atoms with E-state index in [1.807, 2.05) is 60.7 Å². The van der Waals surface area contributed by atoms with E-state index >= 15 is 0 Å². The number of amides is 1. The van der Waals surface area contributed by atoms with Gasteiger partial charge in [0.1, 0.15) is 16.0 Å². The summed E-state index contributed by atoms with van der Waals surface area (Å²) in [6, 6.07) is 25.0. The number of fused-ring (bicyclic) bond motifs is 1. The Labute approximate surface area is 276 Å². The molecular formula is C30H27N7O6S3. The Kier molecular flexibility index (Phi) is 9.42. The summed E-state index contributed by atoms with van der Waals surface area (Å²) in [6.07, 6.45) is -0.733. The molecule has 1 fully saturated rings. The van der Waals surface area contributed by atoms with Crippen LogP contribution < -0.4 is 4.72 Å². The third-order valence-electron chi connectivity index (χ3n) is 7.39. The third-order valence-corrected chi connectivity index (χ3v) is 10.8. The number of rotatable bonds is 12. The van der Waals surface area contributed by atoms with Crippen LogP contribution in [0.5, 0.6) is 0 Å². The van der Waals surface area contributed by atoms with Gasteiger partial charge in [-0.3, -0.25) is 19.8 Å². The molecule has 0 spiro atoms. The number of hydrogen-bond donors (Lipinski definition) is 1. The number of nitrogens with one attached hydrogen (secondary N) is 1. The van der Waals surface area contributed by atoms with Gasteiger partial charge < -0.3 is 9.47 Å². The van der Waals surface area contributed by atoms with Crippen LogP contribution in [0.3, 0.4) is 0 Å². The molecule has 0 radical (unpaired) electrons. The van der Waals surface area contributed by atoms with Crippen molar-refractivity contribution in [2.45, 2.75) is 27.3 Å². The largest absolute Gasteiger partial charge is 0.448 e. The molecule has 0 saturated carbocycles. The Balaban J connectivity index is 1.32. The van der Waals surface area contributed by atoms with Crippen LogP contribution in [0.1, 0.15) is 17.2 Å². The number of methoxy groups -OCH3 is 1. The molecule has 1 aromatic heterocycles. The van der Waals surface area contributed by atoms with Crippen LogP contribution in [-0.2, 0) is 26.1 Å². The third kappa shape index (κ3) is 6.01. The van der Waals surface area contributed by atoms with Crippen molar-refractivity contribution in [3.05, 3.63) is 117 Å². The number of carbonyl (C=O) groups excluding carboxylic acids is 2. The van der Waals surface area contributed by atoms with Gasteiger partial charge in [0.15, 0.2) is 6.10 Å². The first kappa shape index (κ1) is 31.7. The summed E-state index contributed by atoms with van der Waals surface area (Å²) >= 11 is 3.67. The molecule has 1 saturated heterocycles. The highest BCUT2D eigenvalue weighted by molar-refractivity contribution is 8.01. The molecular weight excluding hydrogens is 651 g/mol. The number of thioether (sulfide) groups is 2. The number of nitro groups is 1. The SMILES string of the molecule is CO[C@@]1(NSc2ccccc2[N+](=O)[O-])C(=O)N2C(C(=O)OC(c3ccccc3)c3ccccc3)=C(CSc3nnnn3C)CS[C@H]21. The van der Waals surface area contributed by atoms with E-state index in [-0.39, 0.29) is 11.4 Å². The van der Waals surface area contributed by atoms with Gasteiger partial charge in [-0.1, -0.05) is 84.6 Å². The second-order valence-electron chi connectivity index (χ2n) is 10.1. The van der Waals surface area contributed by atoms with Gasteiger partial charge in [0.2, 0.25) is 10.9 Å². The standard InChI is InChI=1S/C30H27N7O6S3/c1-35-29(31-33-34-35)45-18-21-17-44-28-30(42-2,32-46-23-16-10-9-15-22(23)37(40)41)27(39)36(28)24(21)26(38)43-25(19-11-5-3-6-12-19)20-13-7-4-8-14-20/h3-16,25,28,32H,17-18H2,1-2H3/t28-,30-/m0/s1. The van der Waals surface area contributed by atoms with Gasteiger partial charge >= 0.3 is 5.97 Å². The number of hydrogen-bond acceptors (Lipinski definition) is 13. The van der Waals surface area contributed by atoms with Crippen molar-refractivity contribution in [2.24, 2.45) is 7.05 Å². The molecule has 1 amide bonds. The fourth-order valence-corrected chi connectivity index (χ4v) is 8.52. The maximum atomic E-state index is 14.2. The van der Waals surface area contributed by atoms with E-state index in [1.165, 1.54) is 46.3 Å². The summed E-state index contributed by atoms with van der Waals surface area (Å²) in [7, 11) is 3.10. The van der Waals surface area contributed by atoms with E-state index in [1.54, 1.807) is 25.2 Å². The number of ether oxygens (including phenoxy) is 2. The number of aromatic nitrogens is 4. The Morgan fingerprint density at radius 3 is 2.37 bits per heavy atom. The minimum Gasteiger partial charge on any atom is -0.448 e. The van der Waals surface area contributed by atoms with Crippen molar-refractivity contribution >= 4 is 53.0 Å². The summed E-state index contributed by atoms with van der Waals surface area (Å²) in [6.45, 7) is 0. The number of benzene rings is 3. The van der Waals surface area contributed by atoms with Gasteiger partial charge in [-0.05, 0) is 45.1 Å². The van der Waals surface area contributed by atoms with Gasteiger partial charge in [0, 0.05) is 31.7 Å². The monoisotopic (exact) mass is 677 g/mol. The number of carbonyl (C=O) groups is 2. The second kappa shape index (κ2) is 13.6. The summed E-state index contributed by atoms with van der Waals surface area (Å²) in [5.74, 6) is -0.494. The van der Waals surface area contributed by atoms with Crippen molar-refractivity contribution < 1.29 is 24.0 Å². The van der Waals surface area contributed by atoms with E-state index < -0.39 is 34.0 Å². The lowest BCUT2D eigenvalue weighted by Gasteiger charge is -2.56. The van der Waals surface area contributed by atoms with Crippen LogP contribution >= 0.6 is 35.5 Å². The lowest BCUT2D eigenvalue weighted by Crippen LogP contribution is -2.79. The Morgan fingerprint density at radius 2 is 1.76 bits per heavy atom.